The Labute approximate surface area is 187 Å². The maximum absolute atomic E-state index is 12.5. The molecule has 4 rings (SSSR count). The largest absolute Gasteiger partial charge is 0.481 e. The van der Waals surface area contributed by atoms with Gasteiger partial charge in [-0.05, 0) is 47.9 Å². The molecule has 0 unspecified atom stereocenters. The third kappa shape index (κ3) is 4.61. The Morgan fingerprint density at radius 3 is 2.28 bits per heavy atom. The Hall–Kier alpha value is -3.35. The molecular weight excluding hydrogens is 408 g/mol. The zero-order chi connectivity index (χ0) is 22.7. The monoisotopic (exact) mass is 436 g/mol. The highest BCUT2D eigenvalue weighted by molar-refractivity contribution is 5.85. The fourth-order valence-corrected chi connectivity index (χ4v) is 4.89. The van der Waals surface area contributed by atoms with Crippen LogP contribution in [0.25, 0.3) is 11.1 Å². The molecule has 2 aromatic carbocycles. The van der Waals surface area contributed by atoms with E-state index in [9.17, 15) is 14.4 Å². The third-order valence-corrected chi connectivity index (χ3v) is 6.49. The number of fused-ring (bicyclic) bond motifs is 3. The molecule has 32 heavy (non-hydrogen) atoms. The number of hydrogen-bond acceptors (Lipinski definition) is 4. The molecule has 1 saturated carbocycles. The van der Waals surface area contributed by atoms with Crippen LogP contribution < -0.4 is 10.6 Å². The normalized spacial score (nSPS) is 20.2. The summed E-state index contributed by atoms with van der Waals surface area (Å²) in [6.45, 7) is 1.77. The standard InChI is InChI=1S/C25H28N2O5/c1-15(24(30)27-22-12-6-7-16(22)13-23(28)29)26-25(31)32-14-21-19-10-4-2-8-17(19)18-9-3-5-11-20(18)21/h2-5,8-11,15-16,21-22H,6-7,12-14H2,1H3,(H,26,31)(H,27,30)(H,28,29)/t15-,16-,22+/m0/s1. The number of amides is 2. The molecular formula is C25H28N2O5. The molecule has 0 aliphatic heterocycles. The van der Waals surface area contributed by atoms with Gasteiger partial charge in [0.2, 0.25) is 5.91 Å². The zero-order valence-corrected chi connectivity index (χ0v) is 18.0. The summed E-state index contributed by atoms with van der Waals surface area (Å²) in [5, 5.41) is 14.5. The molecule has 0 radical (unpaired) electrons. The van der Waals surface area contributed by atoms with Crippen molar-refractivity contribution in [1.29, 1.82) is 0 Å². The van der Waals surface area contributed by atoms with E-state index in [1.165, 1.54) is 0 Å². The van der Waals surface area contributed by atoms with E-state index in [2.05, 4.69) is 22.8 Å². The van der Waals surface area contributed by atoms with E-state index in [-0.39, 0.29) is 36.8 Å². The number of ether oxygens (including phenoxy) is 1. The van der Waals surface area contributed by atoms with Crippen molar-refractivity contribution in [2.24, 2.45) is 5.92 Å². The second kappa shape index (κ2) is 9.42. The van der Waals surface area contributed by atoms with Crippen LogP contribution in [-0.4, -0.2) is 41.8 Å². The molecule has 0 aromatic heterocycles. The van der Waals surface area contributed by atoms with Crippen LogP contribution >= 0.6 is 0 Å². The van der Waals surface area contributed by atoms with Crippen molar-refractivity contribution in [1.82, 2.24) is 10.6 Å². The molecule has 0 saturated heterocycles. The molecule has 0 heterocycles. The van der Waals surface area contributed by atoms with Crippen LogP contribution in [0.3, 0.4) is 0 Å². The van der Waals surface area contributed by atoms with Crippen molar-refractivity contribution >= 4 is 18.0 Å². The number of carboxylic acids is 1. The van der Waals surface area contributed by atoms with Crippen molar-refractivity contribution in [2.75, 3.05) is 6.61 Å². The van der Waals surface area contributed by atoms with E-state index in [4.69, 9.17) is 9.84 Å². The van der Waals surface area contributed by atoms with Gasteiger partial charge in [0.25, 0.3) is 0 Å². The van der Waals surface area contributed by atoms with Crippen LogP contribution in [0.4, 0.5) is 4.79 Å². The van der Waals surface area contributed by atoms with Gasteiger partial charge >= 0.3 is 12.1 Å². The van der Waals surface area contributed by atoms with Crippen LogP contribution in [0.5, 0.6) is 0 Å². The number of carbonyl (C=O) groups excluding carboxylic acids is 2. The summed E-state index contributed by atoms with van der Waals surface area (Å²) in [4.78, 5) is 35.9. The van der Waals surface area contributed by atoms with Gasteiger partial charge in [0.1, 0.15) is 12.6 Å². The number of nitrogens with one attached hydrogen (secondary N) is 2. The molecule has 0 spiro atoms. The fourth-order valence-electron chi connectivity index (χ4n) is 4.89. The SMILES string of the molecule is C[C@H](NC(=O)OCC1c2ccccc2-c2ccccc21)C(=O)N[C@@H]1CCC[C@H]1CC(=O)O. The number of hydrogen-bond donors (Lipinski definition) is 3. The summed E-state index contributed by atoms with van der Waals surface area (Å²) < 4.78 is 5.50. The van der Waals surface area contributed by atoms with Gasteiger partial charge < -0.3 is 20.5 Å². The van der Waals surface area contributed by atoms with E-state index in [1.807, 2.05) is 36.4 Å². The summed E-state index contributed by atoms with van der Waals surface area (Å²) in [6, 6.07) is 15.2. The maximum atomic E-state index is 12.5. The molecule has 2 amide bonds. The molecule has 2 aliphatic rings. The van der Waals surface area contributed by atoms with Gasteiger partial charge in [-0.3, -0.25) is 9.59 Å². The summed E-state index contributed by atoms with van der Waals surface area (Å²) in [6.07, 6.45) is 1.81. The van der Waals surface area contributed by atoms with Crippen molar-refractivity contribution in [3.8, 4) is 11.1 Å². The maximum Gasteiger partial charge on any atom is 0.407 e. The Balaban J connectivity index is 1.31. The Kier molecular flexibility index (Phi) is 6.44. The van der Waals surface area contributed by atoms with Crippen LogP contribution in [-0.2, 0) is 14.3 Å². The molecule has 2 aromatic rings. The number of alkyl carbamates (subject to hydrolysis) is 1. The summed E-state index contributed by atoms with van der Waals surface area (Å²) in [7, 11) is 0. The molecule has 3 atom stereocenters. The van der Waals surface area contributed by atoms with Gasteiger partial charge in [-0.15, -0.1) is 0 Å². The first kappa shape index (κ1) is 21.9. The lowest BCUT2D eigenvalue weighted by Crippen LogP contribution is -2.49. The topological polar surface area (TPSA) is 105 Å². The first-order valence-corrected chi connectivity index (χ1v) is 11.1. The zero-order valence-electron chi connectivity index (χ0n) is 18.0. The quantitative estimate of drug-likeness (QED) is 0.614. The van der Waals surface area contributed by atoms with Gasteiger partial charge in [-0.2, -0.15) is 0 Å². The lowest BCUT2D eigenvalue weighted by atomic mass is 9.98. The second-order valence-corrected chi connectivity index (χ2v) is 8.60. The molecule has 7 heteroatoms. The minimum Gasteiger partial charge on any atom is -0.481 e. The van der Waals surface area contributed by atoms with Crippen LogP contribution in [0.1, 0.15) is 49.7 Å². The number of carbonyl (C=O) groups is 3. The van der Waals surface area contributed by atoms with Crippen molar-refractivity contribution in [3.05, 3.63) is 59.7 Å². The smallest absolute Gasteiger partial charge is 0.407 e. The minimum atomic E-state index is -0.860. The van der Waals surface area contributed by atoms with E-state index in [0.29, 0.717) is 0 Å². The Bertz CT molecular complexity index is 975. The molecule has 0 bridgehead atoms. The Morgan fingerprint density at radius 2 is 1.66 bits per heavy atom. The average Bonchev–Trinajstić information content (AvgIpc) is 3.33. The predicted molar refractivity (Wildman–Crippen MR) is 119 cm³/mol. The van der Waals surface area contributed by atoms with Crippen LogP contribution in [0, 0.1) is 5.92 Å². The highest BCUT2D eigenvalue weighted by Crippen LogP contribution is 2.44. The van der Waals surface area contributed by atoms with E-state index in [0.717, 1.165) is 41.5 Å². The van der Waals surface area contributed by atoms with Gasteiger partial charge in [-0.25, -0.2) is 4.79 Å². The van der Waals surface area contributed by atoms with E-state index < -0.39 is 18.1 Å². The van der Waals surface area contributed by atoms with Crippen LogP contribution in [0.2, 0.25) is 0 Å². The van der Waals surface area contributed by atoms with Gasteiger partial charge in [0.05, 0.1) is 6.42 Å². The highest BCUT2D eigenvalue weighted by Gasteiger charge is 2.32. The average molecular weight is 437 g/mol. The van der Waals surface area contributed by atoms with E-state index >= 15 is 0 Å². The number of carboxylic acid groups (broad SMARTS) is 1. The lowest BCUT2D eigenvalue weighted by molar-refractivity contribution is -0.138. The molecule has 2 aliphatic carbocycles. The highest BCUT2D eigenvalue weighted by atomic mass is 16.5. The predicted octanol–water partition coefficient (Wildman–Crippen LogP) is 3.67. The summed E-state index contributed by atoms with van der Waals surface area (Å²) >= 11 is 0. The van der Waals surface area contributed by atoms with Gasteiger partial charge in [0, 0.05) is 12.0 Å². The lowest BCUT2D eigenvalue weighted by Gasteiger charge is -2.22. The summed E-state index contributed by atoms with van der Waals surface area (Å²) in [5.41, 5.74) is 4.55. The van der Waals surface area contributed by atoms with Gasteiger partial charge in [0.15, 0.2) is 0 Å². The number of aliphatic carboxylic acids is 1. The van der Waals surface area contributed by atoms with Gasteiger partial charge in [-0.1, -0.05) is 55.0 Å². The molecule has 7 nitrogen and oxygen atoms in total. The Morgan fingerprint density at radius 1 is 1.03 bits per heavy atom. The summed E-state index contributed by atoms with van der Waals surface area (Å²) in [5.74, 6) is -1.31. The minimum absolute atomic E-state index is 0.0408. The molecule has 1 fully saturated rings. The van der Waals surface area contributed by atoms with E-state index in [1.54, 1.807) is 6.92 Å². The molecule has 3 N–H and O–H groups in total. The van der Waals surface area contributed by atoms with Crippen molar-refractivity contribution in [2.45, 2.75) is 50.6 Å². The fraction of sp³-hybridized carbons (Fsp3) is 0.400. The first-order chi connectivity index (χ1) is 15.4. The van der Waals surface area contributed by atoms with Crippen LogP contribution in [0.15, 0.2) is 48.5 Å². The number of benzene rings is 2. The number of rotatable bonds is 7. The molecule has 168 valence electrons. The second-order valence-electron chi connectivity index (χ2n) is 8.60. The first-order valence-electron chi connectivity index (χ1n) is 11.1. The van der Waals surface area contributed by atoms with Crippen molar-refractivity contribution in [3.63, 3.8) is 0 Å². The van der Waals surface area contributed by atoms with Crippen molar-refractivity contribution < 1.29 is 24.2 Å². The third-order valence-electron chi connectivity index (χ3n) is 6.49.